The molecule has 0 saturated heterocycles. The first kappa shape index (κ1) is 18.0. The van der Waals surface area contributed by atoms with E-state index in [1.54, 1.807) is 30.3 Å². The molecule has 0 radical (unpaired) electrons. The highest BCUT2D eigenvalue weighted by Gasteiger charge is 2.24. The SMILES string of the molecule is O=[N+]([O-])c1c(Nc2cccc(Br)c2)ncnc1Nc1ccc2c(c1)OCCO2. The molecule has 0 fully saturated rings. The van der Waals surface area contributed by atoms with Crippen molar-refractivity contribution in [2.45, 2.75) is 0 Å². The van der Waals surface area contributed by atoms with Crippen LogP contribution in [0.25, 0.3) is 0 Å². The summed E-state index contributed by atoms with van der Waals surface area (Å²) in [6, 6.07) is 12.4. The van der Waals surface area contributed by atoms with E-state index in [0.717, 1.165) is 4.47 Å². The number of benzene rings is 2. The smallest absolute Gasteiger partial charge is 0.353 e. The van der Waals surface area contributed by atoms with Gasteiger partial charge in [0.25, 0.3) is 0 Å². The minimum Gasteiger partial charge on any atom is -0.486 e. The number of halogens is 1. The minimum absolute atomic E-state index is 0.0641. The van der Waals surface area contributed by atoms with Gasteiger partial charge in [-0.2, -0.15) is 0 Å². The zero-order valence-electron chi connectivity index (χ0n) is 14.4. The topological polar surface area (TPSA) is 111 Å². The Morgan fingerprint density at radius 1 is 0.964 bits per heavy atom. The number of nitrogens with one attached hydrogen (secondary N) is 2. The monoisotopic (exact) mass is 443 g/mol. The molecule has 0 bridgehead atoms. The molecule has 2 aromatic carbocycles. The molecule has 142 valence electrons. The summed E-state index contributed by atoms with van der Waals surface area (Å²) in [6.45, 7) is 0.937. The van der Waals surface area contributed by atoms with Crippen LogP contribution in [0.2, 0.25) is 0 Å². The van der Waals surface area contributed by atoms with Crippen LogP contribution >= 0.6 is 15.9 Å². The largest absolute Gasteiger partial charge is 0.486 e. The van der Waals surface area contributed by atoms with Gasteiger partial charge in [0.2, 0.25) is 11.6 Å². The second-order valence-corrected chi connectivity index (χ2v) is 6.71. The molecule has 28 heavy (non-hydrogen) atoms. The quantitative estimate of drug-likeness (QED) is 0.440. The summed E-state index contributed by atoms with van der Waals surface area (Å²) in [5.41, 5.74) is 0.971. The van der Waals surface area contributed by atoms with E-state index in [2.05, 4.69) is 36.5 Å². The Hall–Kier alpha value is -3.40. The fourth-order valence-corrected chi connectivity index (χ4v) is 3.09. The molecule has 0 saturated carbocycles. The molecule has 1 aliphatic rings. The van der Waals surface area contributed by atoms with Crippen molar-refractivity contribution >= 4 is 44.6 Å². The Labute approximate surface area is 168 Å². The Bertz CT molecular complexity index is 1050. The van der Waals surface area contributed by atoms with Crippen LogP contribution in [0.3, 0.4) is 0 Å². The first-order chi connectivity index (χ1) is 13.6. The van der Waals surface area contributed by atoms with Crippen LogP contribution in [0.1, 0.15) is 0 Å². The fourth-order valence-electron chi connectivity index (χ4n) is 2.70. The summed E-state index contributed by atoms with van der Waals surface area (Å²) in [4.78, 5) is 19.3. The van der Waals surface area contributed by atoms with Gasteiger partial charge in [-0.1, -0.05) is 22.0 Å². The van der Waals surface area contributed by atoms with Crippen LogP contribution in [0.5, 0.6) is 11.5 Å². The summed E-state index contributed by atoms with van der Waals surface area (Å²) in [5.74, 6) is 1.35. The third-order valence-electron chi connectivity index (χ3n) is 3.90. The maximum Gasteiger partial charge on any atom is 0.353 e. The fraction of sp³-hybridized carbons (Fsp3) is 0.111. The van der Waals surface area contributed by atoms with Crippen LogP contribution in [0, 0.1) is 10.1 Å². The van der Waals surface area contributed by atoms with Crippen LogP contribution in [0.4, 0.5) is 28.7 Å². The summed E-state index contributed by atoms with van der Waals surface area (Å²) in [6.07, 6.45) is 1.26. The Morgan fingerprint density at radius 3 is 2.32 bits per heavy atom. The number of rotatable bonds is 5. The molecule has 1 aliphatic heterocycles. The molecule has 1 aromatic heterocycles. The predicted molar refractivity (Wildman–Crippen MR) is 107 cm³/mol. The number of hydrogen-bond acceptors (Lipinski definition) is 8. The van der Waals surface area contributed by atoms with E-state index in [1.807, 2.05) is 12.1 Å². The Kier molecular flexibility index (Phi) is 4.94. The first-order valence-corrected chi connectivity index (χ1v) is 9.08. The molecule has 0 aliphatic carbocycles. The van der Waals surface area contributed by atoms with Crippen molar-refractivity contribution in [2.75, 3.05) is 23.8 Å². The third kappa shape index (κ3) is 3.81. The summed E-state index contributed by atoms with van der Waals surface area (Å²) >= 11 is 3.37. The van der Waals surface area contributed by atoms with Crippen molar-refractivity contribution in [3.05, 3.63) is 63.4 Å². The van der Waals surface area contributed by atoms with Gasteiger partial charge in [0.15, 0.2) is 11.5 Å². The highest BCUT2D eigenvalue weighted by atomic mass is 79.9. The van der Waals surface area contributed by atoms with Gasteiger partial charge in [-0.3, -0.25) is 10.1 Å². The second-order valence-electron chi connectivity index (χ2n) is 5.80. The molecule has 4 rings (SSSR count). The van der Waals surface area contributed by atoms with E-state index in [-0.39, 0.29) is 17.3 Å². The van der Waals surface area contributed by atoms with Gasteiger partial charge < -0.3 is 20.1 Å². The maximum atomic E-state index is 11.7. The standard InChI is InChI=1S/C18H14BrN5O4/c19-11-2-1-3-12(8-11)22-17-16(24(25)26)18(21-10-20-17)23-13-4-5-14-15(9-13)28-7-6-27-14/h1-5,8-10H,6-7H2,(H2,20,21,22,23). The van der Waals surface area contributed by atoms with Crippen molar-refractivity contribution in [3.8, 4) is 11.5 Å². The Balaban J connectivity index is 1.66. The van der Waals surface area contributed by atoms with Crippen LogP contribution < -0.4 is 20.1 Å². The third-order valence-corrected chi connectivity index (χ3v) is 4.39. The number of nitro groups is 1. The molecule has 2 heterocycles. The number of ether oxygens (including phenoxy) is 2. The zero-order chi connectivity index (χ0) is 19.5. The zero-order valence-corrected chi connectivity index (χ0v) is 16.0. The number of aromatic nitrogens is 2. The van der Waals surface area contributed by atoms with Gasteiger partial charge in [-0.05, 0) is 30.3 Å². The number of anilines is 4. The number of fused-ring (bicyclic) bond motifs is 1. The van der Waals surface area contributed by atoms with Crippen LogP contribution in [0.15, 0.2) is 53.3 Å². The summed E-state index contributed by atoms with van der Waals surface area (Å²) in [7, 11) is 0. The van der Waals surface area contributed by atoms with Crippen molar-refractivity contribution in [3.63, 3.8) is 0 Å². The average Bonchev–Trinajstić information content (AvgIpc) is 2.68. The van der Waals surface area contributed by atoms with Crippen LogP contribution in [-0.4, -0.2) is 28.1 Å². The summed E-state index contributed by atoms with van der Waals surface area (Å²) in [5, 5.41) is 17.6. The first-order valence-electron chi connectivity index (χ1n) is 8.29. The van der Waals surface area contributed by atoms with E-state index < -0.39 is 4.92 Å². The molecule has 0 unspecified atom stereocenters. The summed E-state index contributed by atoms with van der Waals surface area (Å²) < 4.78 is 11.9. The Morgan fingerprint density at radius 2 is 1.64 bits per heavy atom. The van der Waals surface area contributed by atoms with E-state index in [0.29, 0.717) is 36.1 Å². The van der Waals surface area contributed by atoms with Crippen molar-refractivity contribution in [2.24, 2.45) is 0 Å². The number of nitrogens with zero attached hydrogens (tertiary/aromatic N) is 3. The molecule has 0 amide bonds. The van der Waals surface area contributed by atoms with E-state index in [4.69, 9.17) is 9.47 Å². The highest BCUT2D eigenvalue weighted by molar-refractivity contribution is 9.10. The molecule has 0 spiro atoms. The van der Waals surface area contributed by atoms with E-state index in [9.17, 15) is 10.1 Å². The van der Waals surface area contributed by atoms with Gasteiger partial charge in [0.05, 0.1) is 4.92 Å². The van der Waals surface area contributed by atoms with Crippen molar-refractivity contribution < 1.29 is 14.4 Å². The second kappa shape index (κ2) is 7.69. The molecule has 9 nitrogen and oxygen atoms in total. The maximum absolute atomic E-state index is 11.7. The minimum atomic E-state index is -0.527. The van der Waals surface area contributed by atoms with Gasteiger partial charge >= 0.3 is 5.69 Å². The average molecular weight is 444 g/mol. The van der Waals surface area contributed by atoms with Crippen molar-refractivity contribution in [1.29, 1.82) is 0 Å². The highest BCUT2D eigenvalue weighted by Crippen LogP contribution is 2.36. The predicted octanol–water partition coefficient (Wildman–Crippen LogP) is 4.41. The number of hydrogen-bond donors (Lipinski definition) is 2. The molecule has 10 heteroatoms. The van der Waals surface area contributed by atoms with Gasteiger partial charge in [-0.15, -0.1) is 0 Å². The molecule has 3 aromatic rings. The van der Waals surface area contributed by atoms with Gasteiger partial charge in [0.1, 0.15) is 19.5 Å². The molecule has 0 atom stereocenters. The molecular formula is C18H14BrN5O4. The normalized spacial score (nSPS) is 12.3. The van der Waals surface area contributed by atoms with Gasteiger partial charge in [0, 0.05) is 21.9 Å². The molecular weight excluding hydrogens is 430 g/mol. The van der Waals surface area contributed by atoms with Crippen LogP contribution in [-0.2, 0) is 0 Å². The lowest BCUT2D eigenvalue weighted by atomic mass is 10.2. The lowest BCUT2D eigenvalue weighted by Crippen LogP contribution is -2.15. The lowest BCUT2D eigenvalue weighted by Gasteiger charge is -2.19. The van der Waals surface area contributed by atoms with E-state index in [1.165, 1.54) is 6.33 Å². The van der Waals surface area contributed by atoms with Gasteiger partial charge in [-0.25, -0.2) is 9.97 Å². The lowest BCUT2D eigenvalue weighted by molar-refractivity contribution is -0.383. The van der Waals surface area contributed by atoms with E-state index >= 15 is 0 Å². The molecule has 2 N–H and O–H groups in total. The van der Waals surface area contributed by atoms with Crippen molar-refractivity contribution in [1.82, 2.24) is 9.97 Å².